The van der Waals surface area contributed by atoms with Gasteiger partial charge in [-0.25, -0.2) is 4.79 Å². The number of hydrogen-bond donors (Lipinski definition) is 2. The minimum absolute atomic E-state index is 0.0165. The van der Waals surface area contributed by atoms with Crippen LogP contribution in [0.15, 0.2) is 36.0 Å². The second-order valence-corrected chi connectivity index (χ2v) is 17.5. The van der Waals surface area contributed by atoms with Gasteiger partial charge in [-0.3, -0.25) is 14.4 Å². The van der Waals surface area contributed by atoms with Crippen LogP contribution in [0.1, 0.15) is 105 Å². The van der Waals surface area contributed by atoms with Crippen LogP contribution in [0.2, 0.25) is 0 Å². The average Bonchev–Trinajstić information content (AvgIpc) is 3.21. The van der Waals surface area contributed by atoms with E-state index >= 15 is 0 Å². The summed E-state index contributed by atoms with van der Waals surface area (Å²) >= 11 is 0. The summed E-state index contributed by atoms with van der Waals surface area (Å²) in [7, 11) is 6.40. The Kier molecular flexibility index (Phi) is 17.9. The van der Waals surface area contributed by atoms with Crippen molar-refractivity contribution in [3.8, 4) is 0 Å². The van der Waals surface area contributed by atoms with Crippen molar-refractivity contribution in [3.63, 3.8) is 0 Å². The Morgan fingerprint density at radius 3 is 2.21 bits per heavy atom. The fourth-order valence-electron chi connectivity index (χ4n) is 9.68. The van der Waals surface area contributed by atoms with Crippen LogP contribution in [0.25, 0.3) is 0 Å². The number of rotatable bonds is 8. The topological polar surface area (TPSA) is 167 Å². The summed E-state index contributed by atoms with van der Waals surface area (Å²) < 4.78 is 35.7. The zero-order valence-electron chi connectivity index (χ0n) is 36.4. The van der Waals surface area contributed by atoms with Crippen LogP contribution < -0.4 is 0 Å². The summed E-state index contributed by atoms with van der Waals surface area (Å²) in [5, 5.41) is 23.8. The fraction of sp³-hybridized carbons (Fsp3) is 0.778. The zero-order chi connectivity index (χ0) is 42.9. The number of esters is 1. The molecule has 4 rings (SSSR count). The first-order valence-corrected chi connectivity index (χ1v) is 21.3. The smallest absolute Gasteiger partial charge is 0.329 e. The summed E-state index contributed by atoms with van der Waals surface area (Å²) in [6.07, 6.45) is 6.48. The molecule has 2 bridgehead atoms. The lowest BCUT2D eigenvalue weighted by Gasteiger charge is -2.47. The molecule has 0 unspecified atom stereocenters. The molecule has 13 heteroatoms. The van der Waals surface area contributed by atoms with Gasteiger partial charge in [-0.1, -0.05) is 44.6 Å². The Morgan fingerprint density at radius 1 is 0.914 bits per heavy atom. The summed E-state index contributed by atoms with van der Waals surface area (Å²) in [5.41, 5.74) is 1.67. The monoisotopic (exact) mass is 817 g/mol. The molecule has 0 aromatic heterocycles. The number of hydrogen-bond acceptors (Lipinski definition) is 12. The van der Waals surface area contributed by atoms with Gasteiger partial charge in [0.25, 0.3) is 11.7 Å². The number of cyclic esters (lactones) is 1. The van der Waals surface area contributed by atoms with Gasteiger partial charge in [0.2, 0.25) is 5.79 Å². The van der Waals surface area contributed by atoms with Gasteiger partial charge in [0.05, 0.1) is 30.5 Å². The number of Topliss-reactive ketones (excluding diaryl/α,β-unsaturated/α-hetero) is 2. The highest BCUT2D eigenvalue weighted by atomic mass is 16.7. The van der Waals surface area contributed by atoms with Crippen molar-refractivity contribution in [2.24, 2.45) is 29.6 Å². The zero-order valence-corrected chi connectivity index (χ0v) is 36.4. The molecule has 0 aromatic rings. The number of ether oxygens (including phenoxy) is 6. The average molecular weight is 818 g/mol. The van der Waals surface area contributed by atoms with E-state index in [1.54, 1.807) is 34.1 Å². The molecule has 2 N–H and O–H groups in total. The van der Waals surface area contributed by atoms with E-state index in [0.717, 1.165) is 18.4 Å². The Hall–Kier alpha value is -2.78. The van der Waals surface area contributed by atoms with Gasteiger partial charge in [0.1, 0.15) is 24.0 Å². The van der Waals surface area contributed by atoms with Gasteiger partial charge in [0, 0.05) is 59.2 Å². The molecule has 1 amide bonds. The number of aliphatic hydroxyl groups excluding tert-OH is 1. The first kappa shape index (κ1) is 47.9. The molecule has 3 heterocycles. The highest BCUT2D eigenvalue weighted by Gasteiger charge is 2.56. The number of fused-ring (bicyclic) bond motifs is 3. The molecule has 2 saturated heterocycles. The van der Waals surface area contributed by atoms with Gasteiger partial charge in [0.15, 0.2) is 0 Å². The number of carbonyl (C=O) groups excluding carboxylic acids is 4. The second kappa shape index (κ2) is 21.7. The van der Waals surface area contributed by atoms with E-state index in [1.165, 1.54) is 19.1 Å². The van der Waals surface area contributed by atoms with E-state index in [1.807, 2.05) is 26.8 Å². The third-order valence-corrected chi connectivity index (χ3v) is 13.2. The van der Waals surface area contributed by atoms with E-state index < -0.39 is 77.8 Å². The first-order valence-electron chi connectivity index (χ1n) is 21.3. The molecular weight excluding hydrogens is 746 g/mol. The highest BCUT2D eigenvalue weighted by molar-refractivity contribution is 6.39. The maximum absolute atomic E-state index is 14.4. The number of amides is 1. The Morgan fingerprint density at radius 2 is 1.57 bits per heavy atom. The summed E-state index contributed by atoms with van der Waals surface area (Å²) in [5.74, 6) is -7.56. The summed E-state index contributed by atoms with van der Waals surface area (Å²) in [4.78, 5) is 58.0. The van der Waals surface area contributed by atoms with Crippen LogP contribution in [-0.4, -0.2) is 128 Å². The van der Waals surface area contributed by atoms with Crippen molar-refractivity contribution >= 4 is 23.4 Å². The van der Waals surface area contributed by atoms with Crippen LogP contribution in [0.3, 0.4) is 0 Å². The lowest BCUT2D eigenvalue weighted by Crippen LogP contribution is -2.64. The molecule has 3 fully saturated rings. The number of carbonyl (C=O) groups is 4. The van der Waals surface area contributed by atoms with Crippen LogP contribution >= 0.6 is 0 Å². The van der Waals surface area contributed by atoms with Crippen molar-refractivity contribution in [2.75, 3.05) is 35.0 Å². The third-order valence-electron chi connectivity index (χ3n) is 13.2. The lowest BCUT2D eigenvalue weighted by molar-refractivity contribution is -0.302. The summed E-state index contributed by atoms with van der Waals surface area (Å²) in [6.45, 7) is 13.2. The third kappa shape index (κ3) is 11.3. The van der Waals surface area contributed by atoms with Crippen molar-refractivity contribution in [1.82, 2.24) is 4.90 Å². The largest absolute Gasteiger partial charge is 0.456 e. The van der Waals surface area contributed by atoms with E-state index in [-0.39, 0.29) is 55.6 Å². The van der Waals surface area contributed by atoms with Gasteiger partial charge in [-0.05, 0) is 95.5 Å². The number of ketones is 2. The number of piperidine rings is 1. The maximum Gasteiger partial charge on any atom is 0.329 e. The van der Waals surface area contributed by atoms with Gasteiger partial charge in [-0.2, -0.15) is 0 Å². The lowest BCUT2D eigenvalue weighted by atomic mass is 9.81. The van der Waals surface area contributed by atoms with Crippen LogP contribution in [0.5, 0.6) is 0 Å². The molecular formula is C45H71NO12. The van der Waals surface area contributed by atoms with Crippen molar-refractivity contribution in [1.29, 1.82) is 0 Å². The molecule has 3 aliphatic heterocycles. The standard InChI is InChI=1S/C45H71NO12/c1-11-14-32-20-26(2)19-27(3)21-38(55-9)41-39(56-10)23-29(5)45(52,58-41)42(49)43(50)46-18-13-12-15-33(46)44(51)57-40(30(6)34(47)25-35(32)48)28(4)22-31-16-17-36(53-7)37(24-31)54-8/h11,20,22,27,29-34,36-41,47,52H,1,12-19,21,23-25H2,2-10H3/b26-20+,28-22+/t27-,29+,30+,31-,32+,33-,34-,36+,37+,38-,39-,40+,41+,45+/m0/s1. The molecule has 328 valence electrons. The number of methoxy groups -OCH3 is 4. The van der Waals surface area contributed by atoms with E-state index in [4.69, 9.17) is 28.4 Å². The van der Waals surface area contributed by atoms with Gasteiger partial charge < -0.3 is 43.5 Å². The molecule has 0 spiro atoms. The van der Waals surface area contributed by atoms with Crippen molar-refractivity contribution in [2.45, 2.75) is 160 Å². The molecule has 13 nitrogen and oxygen atoms in total. The molecule has 0 radical (unpaired) electrons. The predicted molar refractivity (Wildman–Crippen MR) is 217 cm³/mol. The summed E-state index contributed by atoms with van der Waals surface area (Å²) in [6, 6.07) is -1.13. The number of nitrogens with zero attached hydrogens (tertiary/aromatic N) is 1. The highest BCUT2D eigenvalue weighted by Crippen LogP contribution is 2.39. The van der Waals surface area contributed by atoms with E-state index in [9.17, 15) is 29.4 Å². The first-order chi connectivity index (χ1) is 27.5. The van der Waals surface area contributed by atoms with Crippen molar-refractivity contribution in [3.05, 3.63) is 36.0 Å². The van der Waals surface area contributed by atoms with Crippen LogP contribution in [0.4, 0.5) is 0 Å². The molecule has 0 aromatic carbocycles. The molecule has 58 heavy (non-hydrogen) atoms. The van der Waals surface area contributed by atoms with E-state index in [2.05, 4.69) is 12.7 Å². The Labute approximate surface area is 345 Å². The minimum Gasteiger partial charge on any atom is -0.456 e. The Balaban J connectivity index is 1.78. The van der Waals surface area contributed by atoms with Gasteiger partial charge >= 0.3 is 5.97 Å². The van der Waals surface area contributed by atoms with Crippen LogP contribution in [-0.2, 0) is 47.6 Å². The molecule has 4 aliphatic rings. The SMILES string of the molecule is C=CC[C@@H]1/C=C(\C)C[C@H](C)C[C@H](OC)[C@H]2O[C@@](O)(C(=O)C(=O)N3CCCC[C@H]3C(=O)O[C@H](/C(C)=C/[C@@H]3CC[C@@H](OC)[C@H](OC)C3)[C@H](C)[C@@H](O)CC1=O)[C@H](C)C[C@@H]2OC. The normalized spacial score (nSPS) is 40.5. The predicted octanol–water partition coefficient (Wildman–Crippen LogP) is 5.29. The van der Waals surface area contributed by atoms with Gasteiger partial charge in [-0.15, -0.1) is 6.58 Å². The second-order valence-electron chi connectivity index (χ2n) is 17.5. The van der Waals surface area contributed by atoms with Crippen molar-refractivity contribution < 1.29 is 57.8 Å². The molecule has 1 saturated carbocycles. The Bertz CT molecular complexity index is 1500. The molecule has 14 atom stereocenters. The molecule has 1 aliphatic carbocycles. The minimum atomic E-state index is -2.50. The number of aliphatic hydroxyl groups is 2. The van der Waals surface area contributed by atoms with E-state index in [0.29, 0.717) is 44.1 Å². The number of allylic oxidation sites excluding steroid dienone is 4. The van der Waals surface area contributed by atoms with Crippen LogP contribution in [0, 0.1) is 29.6 Å². The quantitative estimate of drug-likeness (QED) is 0.185. The fourth-order valence-corrected chi connectivity index (χ4v) is 9.68. The maximum atomic E-state index is 14.4.